The van der Waals surface area contributed by atoms with Crippen molar-refractivity contribution in [1.82, 2.24) is 5.32 Å². The molecule has 0 aromatic rings. The lowest BCUT2D eigenvalue weighted by atomic mass is 10.2. The van der Waals surface area contributed by atoms with Crippen molar-refractivity contribution in [3.8, 4) is 0 Å². The van der Waals surface area contributed by atoms with E-state index in [4.69, 9.17) is 0 Å². The summed E-state index contributed by atoms with van der Waals surface area (Å²) >= 11 is 0. The summed E-state index contributed by atoms with van der Waals surface area (Å²) in [6.07, 6.45) is 35.6. The molecule has 0 spiro atoms. The van der Waals surface area contributed by atoms with Crippen LogP contribution in [0.5, 0.6) is 0 Å². The third-order valence-corrected chi connectivity index (χ3v) is 3.39. The van der Waals surface area contributed by atoms with Gasteiger partial charge in [0, 0.05) is 0 Å². The van der Waals surface area contributed by atoms with Gasteiger partial charge in [0.05, 0.1) is 0 Å². The predicted octanol–water partition coefficient (Wildman–Crippen LogP) is 6.68. The molecule has 0 aliphatic heterocycles. The van der Waals surface area contributed by atoms with Crippen LogP contribution in [0.2, 0.25) is 0 Å². The highest BCUT2D eigenvalue weighted by Gasteiger charge is 1.79. The number of hydrogen-bond donors (Lipinski definition) is 1. The minimum absolute atomic E-state index is 1.03. The molecule has 0 bridgehead atoms. The van der Waals surface area contributed by atoms with Gasteiger partial charge in [0.1, 0.15) is 0 Å². The van der Waals surface area contributed by atoms with Gasteiger partial charge in [0.2, 0.25) is 0 Å². The van der Waals surface area contributed by atoms with Gasteiger partial charge in [-0.25, -0.2) is 0 Å². The molecule has 24 heavy (non-hydrogen) atoms. The zero-order chi connectivity index (χ0) is 17.6. The summed E-state index contributed by atoms with van der Waals surface area (Å²) in [7, 11) is 2.00. The van der Waals surface area contributed by atoms with Crippen LogP contribution >= 0.6 is 0 Å². The van der Waals surface area contributed by atoms with Crippen LogP contribution < -0.4 is 5.32 Å². The summed E-state index contributed by atoms with van der Waals surface area (Å²) < 4.78 is 0. The molecule has 0 radical (unpaired) electrons. The first-order valence-corrected chi connectivity index (χ1v) is 9.46. The molecule has 0 aromatic carbocycles. The van der Waals surface area contributed by atoms with E-state index in [9.17, 15) is 0 Å². The second kappa shape index (κ2) is 21.4. The fourth-order valence-electron chi connectivity index (χ4n) is 2.04. The van der Waals surface area contributed by atoms with Crippen molar-refractivity contribution in [2.75, 3.05) is 13.6 Å². The van der Waals surface area contributed by atoms with Crippen molar-refractivity contribution in [1.29, 1.82) is 0 Å². The lowest BCUT2D eigenvalue weighted by molar-refractivity contribution is 0.735. The van der Waals surface area contributed by atoms with Gasteiger partial charge in [0.25, 0.3) is 0 Å². The van der Waals surface area contributed by atoms with Crippen molar-refractivity contribution in [3.63, 3.8) is 0 Å². The summed E-state index contributed by atoms with van der Waals surface area (Å²) in [5.41, 5.74) is 0. The number of hydrogen-bond acceptors (Lipinski definition) is 1. The highest BCUT2D eigenvalue weighted by molar-refractivity contribution is 5.01. The minimum atomic E-state index is 1.03. The number of nitrogens with one attached hydrogen (secondary N) is 1. The summed E-state index contributed by atoms with van der Waals surface area (Å²) in [5.74, 6) is 0. The van der Waals surface area contributed by atoms with E-state index in [0.29, 0.717) is 0 Å². The van der Waals surface area contributed by atoms with Crippen molar-refractivity contribution in [2.45, 2.75) is 58.3 Å². The molecule has 0 atom stereocenters. The van der Waals surface area contributed by atoms with Crippen LogP contribution in [-0.2, 0) is 0 Å². The van der Waals surface area contributed by atoms with Crippen LogP contribution in [0, 0.1) is 0 Å². The molecule has 0 amide bonds. The fraction of sp³-hybridized carbons (Fsp3) is 0.478. The van der Waals surface area contributed by atoms with Gasteiger partial charge in [0.15, 0.2) is 0 Å². The first-order valence-electron chi connectivity index (χ1n) is 9.46. The first-order chi connectivity index (χ1) is 11.9. The van der Waals surface area contributed by atoms with Crippen LogP contribution in [0.3, 0.4) is 0 Å². The molecule has 134 valence electrons. The Morgan fingerprint density at radius 3 is 1.29 bits per heavy atom. The zero-order valence-corrected chi connectivity index (χ0v) is 15.8. The molecular formula is C23H37N. The van der Waals surface area contributed by atoms with E-state index in [-0.39, 0.29) is 0 Å². The van der Waals surface area contributed by atoms with E-state index in [1.807, 2.05) is 7.05 Å². The maximum atomic E-state index is 3.16. The fourth-order valence-corrected chi connectivity index (χ4v) is 2.04. The predicted molar refractivity (Wildman–Crippen MR) is 111 cm³/mol. The zero-order valence-electron chi connectivity index (χ0n) is 15.8. The van der Waals surface area contributed by atoms with Gasteiger partial charge < -0.3 is 5.32 Å². The van der Waals surface area contributed by atoms with Gasteiger partial charge in [-0.2, -0.15) is 0 Å². The smallest absolute Gasteiger partial charge is 0.00490 e. The van der Waals surface area contributed by atoms with Crippen LogP contribution in [0.1, 0.15) is 58.3 Å². The van der Waals surface area contributed by atoms with Crippen LogP contribution in [-0.4, -0.2) is 13.6 Å². The second-order valence-electron chi connectivity index (χ2n) is 5.66. The minimum Gasteiger partial charge on any atom is -0.320 e. The number of allylic oxidation sites excluding steroid dienone is 12. The molecule has 0 aliphatic rings. The monoisotopic (exact) mass is 327 g/mol. The molecule has 0 aromatic heterocycles. The summed E-state index contributed by atoms with van der Waals surface area (Å²) in [5, 5.41) is 3.16. The standard InChI is InChI=1S/C23H37N/c1-3-4-5-6-7-8-9-10-11-12-13-14-15-16-17-18-19-20-21-22-23-24-2/h4-5,7-8,10-11,13-14,16-17,19-20,24H,3,6,9,12,15,18,21-23H2,1-2H3. The second-order valence-corrected chi connectivity index (χ2v) is 5.66. The van der Waals surface area contributed by atoms with Crippen molar-refractivity contribution >= 4 is 0 Å². The summed E-state index contributed by atoms with van der Waals surface area (Å²) in [4.78, 5) is 0. The van der Waals surface area contributed by atoms with Crippen LogP contribution in [0.15, 0.2) is 72.9 Å². The SMILES string of the molecule is CCC=CCC=CCC=CCC=CCC=CCC=CCCCNC. The van der Waals surface area contributed by atoms with Gasteiger partial charge in [-0.05, 0) is 65.0 Å². The average molecular weight is 328 g/mol. The summed E-state index contributed by atoms with van der Waals surface area (Å²) in [6, 6.07) is 0. The molecule has 0 aliphatic carbocycles. The van der Waals surface area contributed by atoms with Crippen molar-refractivity contribution in [3.05, 3.63) is 72.9 Å². The van der Waals surface area contributed by atoms with E-state index in [1.165, 1.54) is 12.8 Å². The molecular weight excluding hydrogens is 290 g/mol. The molecule has 0 saturated carbocycles. The van der Waals surface area contributed by atoms with Gasteiger partial charge in [-0.3, -0.25) is 0 Å². The Morgan fingerprint density at radius 1 is 0.542 bits per heavy atom. The highest BCUT2D eigenvalue weighted by Crippen LogP contribution is 1.97. The van der Waals surface area contributed by atoms with Crippen molar-refractivity contribution in [2.24, 2.45) is 0 Å². The van der Waals surface area contributed by atoms with E-state index in [0.717, 1.165) is 45.1 Å². The molecule has 1 N–H and O–H groups in total. The number of rotatable bonds is 15. The Bertz CT molecular complexity index is 408. The Labute approximate surface area is 150 Å². The van der Waals surface area contributed by atoms with Gasteiger partial charge >= 0.3 is 0 Å². The van der Waals surface area contributed by atoms with Gasteiger partial charge in [-0.1, -0.05) is 79.8 Å². The Morgan fingerprint density at radius 2 is 0.917 bits per heavy atom. The normalized spacial score (nSPS) is 13.2. The average Bonchev–Trinajstić information content (AvgIpc) is 2.60. The molecule has 0 unspecified atom stereocenters. The van der Waals surface area contributed by atoms with E-state index in [2.05, 4.69) is 85.2 Å². The first kappa shape index (κ1) is 22.4. The molecule has 0 heterocycles. The Kier molecular flexibility index (Phi) is 20.0. The molecule has 0 saturated heterocycles. The van der Waals surface area contributed by atoms with E-state index in [1.54, 1.807) is 0 Å². The lowest BCUT2D eigenvalue weighted by Crippen LogP contribution is -2.06. The Hall–Kier alpha value is -1.60. The lowest BCUT2D eigenvalue weighted by Gasteiger charge is -1.92. The quantitative estimate of drug-likeness (QED) is 0.261. The molecule has 0 fully saturated rings. The third-order valence-electron chi connectivity index (χ3n) is 3.39. The molecule has 0 rings (SSSR count). The third kappa shape index (κ3) is 20.4. The largest absolute Gasteiger partial charge is 0.320 e. The van der Waals surface area contributed by atoms with Crippen molar-refractivity contribution < 1.29 is 0 Å². The topological polar surface area (TPSA) is 12.0 Å². The number of unbranched alkanes of at least 4 members (excludes halogenated alkanes) is 1. The van der Waals surface area contributed by atoms with Crippen LogP contribution in [0.25, 0.3) is 0 Å². The molecule has 1 heteroatoms. The van der Waals surface area contributed by atoms with Crippen LogP contribution in [0.4, 0.5) is 0 Å². The maximum Gasteiger partial charge on any atom is -0.00490 e. The molecule has 1 nitrogen and oxygen atoms in total. The summed E-state index contributed by atoms with van der Waals surface area (Å²) in [6.45, 7) is 3.27. The maximum absolute atomic E-state index is 3.16. The van der Waals surface area contributed by atoms with E-state index < -0.39 is 0 Å². The van der Waals surface area contributed by atoms with E-state index >= 15 is 0 Å². The highest BCUT2D eigenvalue weighted by atomic mass is 14.8. The Balaban J connectivity index is 3.46. The van der Waals surface area contributed by atoms with Gasteiger partial charge in [-0.15, -0.1) is 0 Å².